The molecule has 19 heavy (non-hydrogen) atoms. The Morgan fingerprint density at radius 3 is 2.79 bits per heavy atom. The molecular formula is C11H16ClN5O2. The van der Waals surface area contributed by atoms with Crippen LogP contribution in [0.4, 0.5) is 0 Å². The minimum Gasteiger partial charge on any atom is -0.468 e. The van der Waals surface area contributed by atoms with Crippen LogP contribution in [0.15, 0.2) is 27.2 Å². The van der Waals surface area contributed by atoms with Crippen LogP contribution in [0, 0.1) is 5.41 Å². The molecule has 2 aliphatic heterocycles. The van der Waals surface area contributed by atoms with Gasteiger partial charge >= 0.3 is 0 Å². The van der Waals surface area contributed by atoms with Crippen molar-refractivity contribution in [2.75, 3.05) is 20.2 Å². The fourth-order valence-corrected chi connectivity index (χ4v) is 2.18. The summed E-state index contributed by atoms with van der Waals surface area (Å²) in [6.45, 7) is 2.92. The molecule has 0 amide bonds. The van der Waals surface area contributed by atoms with E-state index in [0.717, 1.165) is 0 Å². The predicted octanol–water partition coefficient (Wildman–Crippen LogP) is -0.0199. The summed E-state index contributed by atoms with van der Waals surface area (Å²) in [7, 11) is 1.44. The SMILES string of the molecule is COC1=C(C2=NCCN2)C(Cl)=C(N)C(C)(C(=N)N)O1. The zero-order valence-corrected chi connectivity index (χ0v) is 11.5. The Bertz CT molecular complexity index is 525. The molecule has 1 unspecified atom stereocenters. The second kappa shape index (κ2) is 4.65. The summed E-state index contributed by atoms with van der Waals surface area (Å²) < 4.78 is 10.8. The van der Waals surface area contributed by atoms with Gasteiger partial charge in [-0.3, -0.25) is 10.4 Å². The van der Waals surface area contributed by atoms with E-state index in [1.807, 2.05) is 0 Å². The molecule has 8 heteroatoms. The molecule has 6 N–H and O–H groups in total. The number of nitrogens with zero attached hydrogens (tertiary/aromatic N) is 1. The Labute approximate surface area is 115 Å². The number of halogens is 1. The summed E-state index contributed by atoms with van der Waals surface area (Å²) in [5.74, 6) is 0.457. The van der Waals surface area contributed by atoms with Crippen LogP contribution in [0.1, 0.15) is 6.92 Å². The van der Waals surface area contributed by atoms with Crippen molar-refractivity contribution in [2.24, 2.45) is 16.5 Å². The molecule has 2 heterocycles. The van der Waals surface area contributed by atoms with Gasteiger partial charge in [0.15, 0.2) is 0 Å². The Kier molecular flexibility index (Phi) is 3.32. The molecule has 0 saturated heterocycles. The molecule has 0 radical (unpaired) electrons. The lowest BCUT2D eigenvalue weighted by Crippen LogP contribution is -2.50. The lowest BCUT2D eigenvalue weighted by atomic mass is 9.96. The van der Waals surface area contributed by atoms with Crippen molar-refractivity contribution in [3.63, 3.8) is 0 Å². The summed E-state index contributed by atoms with van der Waals surface area (Å²) in [6, 6.07) is 0. The third kappa shape index (κ3) is 1.99. The van der Waals surface area contributed by atoms with Gasteiger partial charge in [0, 0.05) is 6.54 Å². The summed E-state index contributed by atoms with van der Waals surface area (Å²) in [6.07, 6.45) is 0. The van der Waals surface area contributed by atoms with Crippen LogP contribution in [-0.2, 0) is 9.47 Å². The monoisotopic (exact) mass is 285 g/mol. The summed E-state index contributed by atoms with van der Waals surface area (Å²) in [5.41, 5.74) is 10.8. The molecule has 2 rings (SSSR count). The fraction of sp³-hybridized carbons (Fsp3) is 0.455. The third-order valence-electron chi connectivity index (χ3n) is 3.08. The number of hydrogen-bond acceptors (Lipinski definition) is 6. The maximum atomic E-state index is 7.60. The first-order valence-electron chi connectivity index (χ1n) is 5.68. The molecule has 0 aromatic rings. The van der Waals surface area contributed by atoms with Gasteiger partial charge in [-0.05, 0) is 6.92 Å². The van der Waals surface area contributed by atoms with E-state index in [1.54, 1.807) is 6.92 Å². The van der Waals surface area contributed by atoms with E-state index < -0.39 is 5.60 Å². The highest BCUT2D eigenvalue weighted by atomic mass is 35.5. The fourth-order valence-electron chi connectivity index (χ4n) is 1.83. The van der Waals surface area contributed by atoms with Crippen molar-refractivity contribution in [1.82, 2.24) is 5.32 Å². The normalized spacial score (nSPS) is 26.8. The Morgan fingerprint density at radius 1 is 1.63 bits per heavy atom. The Morgan fingerprint density at radius 2 is 2.32 bits per heavy atom. The molecule has 0 spiro atoms. The minimum absolute atomic E-state index is 0.144. The minimum atomic E-state index is -1.31. The van der Waals surface area contributed by atoms with E-state index in [0.29, 0.717) is 24.5 Å². The first-order chi connectivity index (χ1) is 8.91. The zero-order valence-electron chi connectivity index (χ0n) is 10.7. The highest BCUT2D eigenvalue weighted by molar-refractivity contribution is 6.36. The highest BCUT2D eigenvalue weighted by Gasteiger charge is 2.43. The predicted molar refractivity (Wildman–Crippen MR) is 72.8 cm³/mol. The van der Waals surface area contributed by atoms with Crippen LogP contribution in [-0.4, -0.2) is 37.5 Å². The first-order valence-corrected chi connectivity index (χ1v) is 6.06. The number of hydrogen-bond donors (Lipinski definition) is 4. The van der Waals surface area contributed by atoms with Crippen LogP contribution >= 0.6 is 11.6 Å². The summed E-state index contributed by atoms with van der Waals surface area (Å²) >= 11 is 6.28. The number of nitrogens with one attached hydrogen (secondary N) is 2. The van der Waals surface area contributed by atoms with Gasteiger partial charge in [0.25, 0.3) is 5.95 Å². The molecule has 0 aromatic heterocycles. The van der Waals surface area contributed by atoms with Crippen LogP contribution in [0.2, 0.25) is 0 Å². The molecule has 1 atom stereocenters. The largest absolute Gasteiger partial charge is 0.468 e. The number of aliphatic imine (C=N–C) groups is 1. The zero-order chi connectivity index (χ0) is 14.2. The van der Waals surface area contributed by atoms with Crippen LogP contribution in [0.5, 0.6) is 0 Å². The standard InChI is InChI=1S/C11H16ClN5O2/c1-11(10(14)15)7(13)6(12)5(9(18-2)19-11)8-16-3-4-17-8/h3-4,13H2,1-2H3,(H3,14,15)(H,16,17). The second-order valence-electron chi connectivity index (χ2n) is 4.30. The molecule has 0 aromatic carbocycles. The van der Waals surface area contributed by atoms with Gasteiger partial charge in [-0.1, -0.05) is 11.6 Å². The topological polar surface area (TPSA) is 119 Å². The second-order valence-corrected chi connectivity index (χ2v) is 4.68. The first kappa shape index (κ1) is 13.5. The molecule has 7 nitrogen and oxygen atoms in total. The number of ether oxygens (including phenoxy) is 2. The smallest absolute Gasteiger partial charge is 0.293 e. The van der Waals surface area contributed by atoms with Crippen LogP contribution < -0.4 is 16.8 Å². The van der Waals surface area contributed by atoms with Gasteiger partial charge in [-0.25, -0.2) is 0 Å². The van der Waals surface area contributed by atoms with E-state index in [-0.39, 0.29) is 22.5 Å². The van der Waals surface area contributed by atoms with Gasteiger partial charge in [0.2, 0.25) is 5.60 Å². The van der Waals surface area contributed by atoms with Crippen molar-refractivity contribution in [2.45, 2.75) is 12.5 Å². The van der Waals surface area contributed by atoms with E-state index in [1.165, 1.54) is 7.11 Å². The molecule has 104 valence electrons. The van der Waals surface area contributed by atoms with E-state index >= 15 is 0 Å². The molecular weight excluding hydrogens is 270 g/mol. The number of nitrogens with two attached hydrogens (primary N) is 2. The van der Waals surface area contributed by atoms with Gasteiger partial charge in [-0.15, -0.1) is 0 Å². The molecule has 2 aliphatic rings. The van der Waals surface area contributed by atoms with Crippen molar-refractivity contribution >= 4 is 23.3 Å². The molecule has 0 bridgehead atoms. The van der Waals surface area contributed by atoms with Gasteiger partial charge in [0.05, 0.1) is 24.4 Å². The van der Waals surface area contributed by atoms with Gasteiger partial charge < -0.3 is 26.3 Å². The maximum Gasteiger partial charge on any atom is 0.293 e. The lowest BCUT2D eigenvalue weighted by Gasteiger charge is -2.35. The van der Waals surface area contributed by atoms with Gasteiger partial charge in [0.1, 0.15) is 17.2 Å². The van der Waals surface area contributed by atoms with Crippen molar-refractivity contribution < 1.29 is 9.47 Å². The van der Waals surface area contributed by atoms with Crippen molar-refractivity contribution in [3.05, 3.63) is 22.2 Å². The van der Waals surface area contributed by atoms with E-state index in [4.69, 9.17) is 38.0 Å². The van der Waals surface area contributed by atoms with Gasteiger partial charge in [-0.2, -0.15) is 0 Å². The Hall–Kier alpha value is -1.89. The quantitative estimate of drug-likeness (QED) is 0.429. The highest BCUT2D eigenvalue weighted by Crippen LogP contribution is 2.37. The maximum absolute atomic E-state index is 7.60. The summed E-state index contributed by atoms with van der Waals surface area (Å²) in [4.78, 5) is 4.26. The molecule has 0 saturated carbocycles. The molecule has 0 fully saturated rings. The van der Waals surface area contributed by atoms with Crippen molar-refractivity contribution in [3.8, 4) is 0 Å². The number of rotatable bonds is 3. The number of amidine groups is 2. The average molecular weight is 286 g/mol. The van der Waals surface area contributed by atoms with Crippen molar-refractivity contribution in [1.29, 1.82) is 5.41 Å². The Balaban J connectivity index is 2.54. The van der Waals surface area contributed by atoms with E-state index in [9.17, 15) is 0 Å². The summed E-state index contributed by atoms with van der Waals surface area (Å²) in [5, 5.41) is 10.9. The lowest BCUT2D eigenvalue weighted by molar-refractivity contribution is -0.00146. The third-order valence-corrected chi connectivity index (χ3v) is 3.47. The number of methoxy groups -OCH3 is 1. The van der Waals surface area contributed by atoms with Crippen LogP contribution in [0.3, 0.4) is 0 Å². The van der Waals surface area contributed by atoms with Crippen LogP contribution in [0.25, 0.3) is 0 Å². The average Bonchev–Trinajstić information content (AvgIpc) is 2.88. The van der Waals surface area contributed by atoms with E-state index in [2.05, 4.69) is 10.3 Å². The molecule has 0 aliphatic carbocycles.